The Hall–Kier alpha value is -2.26. The van der Waals surface area contributed by atoms with Crippen LogP contribution in [0.4, 0.5) is 15.8 Å². The minimum atomic E-state index is -0.536. The summed E-state index contributed by atoms with van der Waals surface area (Å²) in [6.45, 7) is 1.50. The van der Waals surface area contributed by atoms with E-state index in [-0.39, 0.29) is 23.8 Å². The number of benzene rings is 1. The number of aliphatic hydroxyl groups excluding tert-OH is 1. The zero-order valence-corrected chi connectivity index (χ0v) is 15.2. The molecule has 26 heavy (non-hydrogen) atoms. The summed E-state index contributed by atoms with van der Waals surface area (Å²) in [5.74, 6) is -0.979. The van der Waals surface area contributed by atoms with E-state index in [0.29, 0.717) is 20.8 Å². The van der Waals surface area contributed by atoms with Crippen LogP contribution in [-0.2, 0) is 4.84 Å². The SMILES string of the molecule is Cc1ccc(Nc2c(C(=O)NOCCO)sc3c(Cl)cncc23)c(F)c1. The second kappa shape index (κ2) is 7.96. The molecule has 0 bridgehead atoms. The van der Waals surface area contributed by atoms with Crippen LogP contribution in [0.15, 0.2) is 30.6 Å². The normalized spacial score (nSPS) is 10.9. The van der Waals surface area contributed by atoms with Crippen LogP contribution in [0.3, 0.4) is 0 Å². The fourth-order valence-electron chi connectivity index (χ4n) is 2.33. The van der Waals surface area contributed by atoms with Gasteiger partial charge in [0.15, 0.2) is 0 Å². The maximum Gasteiger partial charge on any atom is 0.287 e. The van der Waals surface area contributed by atoms with Crippen molar-refractivity contribution in [3.63, 3.8) is 0 Å². The predicted molar refractivity (Wildman–Crippen MR) is 99.6 cm³/mol. The Morgan fingerprint density at radius 2 is 2.23 bits per heavy atom. The average molecular weight is 396 g/mol. The number of anilines is 2. The maximum absolute atomic E-state index is 14.2. The second-order valence-corrected chi connectivity index (χ2v) is 6.84. The highest BCUT2D eigenvalue weighted by Gasteiger charge is 2.21. The van der Waals surface area contributed by atoms with E-state index in [9.17, 15) is 9.18 Å². The van der Waals surface area contributed by atoms with Crippen LogP contribution in [0, 0.1) is 12.7 Å². The number of thiophene rings is 1. The zero-order chi connectivity index (χ0) is 18.7. The zero-order valence-electron chi connectivity index (χ0n) is 13.7. The summed E-state index contributed by atoms with van der Waals surface area (Å²) in [6, 6.07) is 4.75. The summed E-state index contributed by atoms with van der Waals surface area (Å²) in [5.41, 5.74) is 3.63. The van der Waals surface area contributed by atoms with E-state index in [0.717, 1.165) is 16.9 Å². The molecule has 0 fully saturated rings. The number of rotatable bonds is 6. The molecule has 0 aliphatic heterocycles. The van der Waals surface area contributed by atoms with Crippen LogP contribution >= 0.6 is 22.9 Å². The van der Waals surface area contributed by atoms with Crippen LogP contribution < -0.4 is 10.8 Å². The van der Waals surface area contributed by atoms with Gasteiger partial charge in [0.05, 0.1) is 34.3 Å². The van der Waals surface area contributed by atoms with Crippen molar-refractivity contribution in [2.24, 2.45) is 0 Å². The summed E-state index contributed by atoms with van der Waals surface area (Å²) < 4.78 is 14.9. The largest absolute Gasteiger partial charge is 0.394 e. The molecule has 0 atom stereocenters. The number of aryl methyl sites for hydroxylation is 1. The van der Waals surface area contributed by atoms with E-state index < -0.39 is 11.7 Å². The fourth-order valence-corrected chi connectivity index (χ4v) is 3.62. The molecule has 3 rings (SSSR count). The average Bonchev–Trinajstić information content (AvgIpc) is 2.98. The first-order chi connectivity index (χ1) is 12.5. The van der Waals surface area contributed by atoms with Crippen LogP contribution in [0.2, 0.25) is 5.02 Å². The number of aliphatic hydroxyl groups is 1. The Morgan fingerprint density at radius 1 is 1.42 bits per heavy atom. The molecule has 0 aliphatic rings. The van der Waals surface area contributed by atoms with Gasteiger partial charge in [-0.05, 0) is 24.6 Å². The third-order valence-electron chi connectivity index (χ3n) is 3.50. The minimum Gasteiger partial charge on any atom is -0.394 e. The first-order valence-electron chi connectivity index (χ1n) is 7.63. The van der Waals surface area contributed by atoms with E-state index >= 15 is 0 Å². The summed E-state index contributed by atoms with van der Waals surface area (Å²) >= 11 is 7.31. The molecule has 2 aromatic heterocycles. The van der Waals surface area contributed by atoms with Crippen molar-refractivity contribution >= 4 is 50.3 Å². The van der Waals surface area contributed by atoms with Gasteiger partial charge in [0.2, 0.25) is 0 Å². The number of carbonyl (C=O) groups is 1. The van der Waals surface area contributed by atoms with Crippen molar-refractivity contribution in [1.82, 2.24) is 10.5 Å². The van der Waals surface area contributed by atoms with Crippen molar-refractivity contribution in [3.8, 4) is 0 Å². The highest BCUT2D eigenvalue weighted by atomic mass is 35.5. The Bertz CT molecular complexity index is 964. The lowest BCUT2D eigenvalue weighted by Gasteiger charge is -2.10. The molecule has 0 saturated heterocycles. The topological polar surface area (TPSA) is 83.5 Å². The molecule has 0 spiro atoms. The van der Waals surface area contributed by atoms with Gasteiger partial charge in [0.1, 0.15) is 10.7 Å². The van der Waals surface area contributed by atoms with E-state index in [1.807, 2.05) is 0 Å². The fraction of sp³-hybridized carbons (Fsp3) is 0.176. The molecule has 2 heterocycles. The lowest BCUT2D eigenvalue weighted by molar-refractivity contribution is 0.0172. The number of carbonyl (C=O) groups excluding carboxylic acids is 1. The van der Waals surface area contributed by atoms with Gasteiger partial charge in [-0.2, -0.15) is 0 Å². The third-order valence-corrected chi connectivity index (χ3v) is 5.14. The van der Waals surface area contributed by atoms with Gasteiger partial charge < -0.3 is 10.4 Å². The molecule has 6 nitrogen and oxygen atoms in total. The molecule has 1 aromatic carbocycles. The van der Waals surface area contributed by atoms with Crippen LogP contribution in [0.25, 0.3) is 10.1 Å². The minimum absolute atomic E-state index is 0.0473. The van der Waals surface area contributed by atoms with Gasteiger partial charge >= 0.3 is 0 Å². The van der Waals surface area contributed by atoms with Gasteiger partial charge in [-0.25, -0.2) is 9.87 Å². The summed E-state index contributed by atoms with van der Waals surface area (Å²) in [6.07, 6.45) is 3.03. The van der Waals surface area contributed by atoms with Crippen LogP contribution in [-0.4, -0.2) is 29.2 Å². The molecule has 1 amide bonds. The molecule has 0 saturated carbocycles. The number of aromatic nitrogens is 1. The molecule has 136 valence electrons. The van der Waals surface area contributed by atoms with Crippen molar-refractivity contribution in [1.29, 1.82) is 0 Å². The Kier molecular flexibility index (Phi) is 5.67. The number of hydrogen-bond acceptors (Lipinski definition) is 6. The lowest BCUT2D eigenvalue weighted by atomic mass is 10.2. The predicted octanol–water partition coefficient (Wildman–Crippen LogP) is 3.79. The van der Waals surface area contributed by atoms with Crippen LogP contribution in [0.1, 0.15) is 15.2 Å². The number of amides is 1. The smallest absolute Gasteiger partial charge is 0.287 e. The van der Waals surface area contributed by atoms with E-state index in [1.165, 1.54) is 12.3 Å². The quantitative estimate of drug-likeness (QED) is 0.437. The number of nitrogens with zero attached hydrogens (tertiary/aromatic N) is 1. The maximum atomic E-state index is 14.2. The number of nitrogens with one attached hydrogen (secondary N) is 2. The van der Waals surface area contributed by atoms with E-state index in [1.54, 1.807) is 25.3 Å². The van der Waals surface area contributed by atoms with E-state index in [2.05, 4.69) is 15.8 Å². The highest BCUT2D eigenvalue weighted by molar-refractivity contribution is 7.22. The monoisotopic (exact) mass is 395 g/mol. The molecule has 9 heteroatoms. The molecule has 0 radical (unpaired) electrons. The Labute approximate surface area is 157 Å². The van der Waals surface area contributed by atoms with E-state index in [4.69, 9.17) is 21.5 Å². The van der Waals surface area contributed by atoms with Gasteiger partial charge in [0.25, 0.3) is 5.91 Å². The molecule has 3 aromatic rings. The highest BCUT2D eigenvalue weighted by Crippen LogP contribution is 2.40. The molecule has 0 unspecified atom stereocenters. The molecular weight excluding hydrogens is 381 g/mol. The van der Waals surface area contributed by atoms with Gasteiger partial charge in [-0.3, -0.25) is 14.6 Å². The molecule has 3 N–H and O–H groups in total. The Morgan fingerprint density at radius 3 is 2.96 bits per heavy atom. The number of pyridine rings is 1. The number of hydroxylamine groups is 1. The summed E-state index contributed by atoms with van der Waals surface area (Å²) in [7, 11) is 0. The number of fused-ring (bicyclic) bond motifs is 1. The number of hydrogen-bond donors (Lipinski definition) is 3. The summed E-state index contributed by atoms with van der Waals surface area (Å²) in [4.78, 5) is 21.6. The number of halogens is 2. The Balaban J connectivity index is 2.04. The van der Waals surface area contributed by atoms with Crippen LogP contribution in [0.5, 0.6) is 0 Å². The molecule has 0 aliphatic carbocycles. The van der Waals surface area contributed by atoms with Crippen molar-refractivity contribution in [3.05, 3.63) is 51.9 Å². The first-order valence-corrected chi connectivity index (χ1v) is 8.83. The second-order valence-electron chi connectivity index (χ2n) is 5.42. The standard InChI is InChI=1S/C17H15ClFN3O3S/c1-9-2-3-13(12(19)6-9)21-14-10-7-20-8-11(18)15(10)26-16(14)17(24)22-25-5-4-23/h2-3,6-8,21,23H,4-5H2,1H3,(H,22,24). The van der Waals surface area contributed by atoms with Crippen molar-refractivity contribution in [2.75, 3.05) is 18.5 Å². The lowest BCUT2D eigenvalue weighted by Crippen LogP contribution is -2.24. The van der Waals surface area contributed by atoms with Gasteiger partial charge in [0, 0.05) is 17.8 Å². The van der Waals surface area contributed by atoms with Crippen molar-refractivity contribution < 1.29 is 19.1 Å². The summed E-state index contributed by atoms with van der Waals surface area (Å²) in [5, 5.41) is 12.7. The molecular formula is C17H15ClFN3O3S. The van der Waals surface area contributed by atoms with Gasteiger partial charge in [-0.15, -0.1) is 11.3 Å². The third kappa shape index (κ3) is 3.78. The first kappa shape index (κ1) is 18.5. The van der Waals surface area contributed by atoms with Crippen molar-refractivity contribution in [2.45, 2.75) is 6.92 Å². The van der Waals surface area contributed by atoms with Gasteiger partial charge in [-0.1, -0.05) is 17.7 Å².